The van der Waals surface area contributed by atoms with Gasteiger partial charge < -0.3 is 9.64 Å². The summed E-state index contributed by atoms with van der Waals surface area (Å²) in [6, 6.07) is 4.56. The van der Waals surface area contributed by atoms with Crippen molar-refractivity contribution in [3.05, 3.63) is 39.4 Å². The van der Waals surface area contributed by atoms with E-state index in [2.05, 4.69) is 0 Å². The third kappa shape index (κ3) is 3.85. The number of piperidine rings is 1. The fraction of sp³-hybridized carbons (Fsp3) is 0.500. The highest BCUT2D eigenvalue weighted by Crippen LogP contribution is 2.24. The van der Waals surface area contributed by atoms with Crippen molar-refractivity contribution in [2.75, 3.05) is 13.2 Å². The minimum Gasteiger partial charge on any atom is -0.452 e. The summed E-state index contributed by atoms with van der Waals surface area (Å²) in [7, 11) is 0. The van der Waals surface area contributed by atoms with E-state index in [0.717, 1.165) is 19.3 Å². The maximum Gasteiger partial charge on any atom is 0.345 e. The Balaban J connectivity index is 2.04. The molecule has 124 valence electrons. The van der Waals surface area contributed by atoms with E-state index in [-0.39, 0.29) is 23.2 Å². The predicted molar refractivity (Wildman–Crippen MR) is 83.1 cm³/mol. The van der Waals surface area contributed by atoms with E-state index >= 15 is 0 Å². The molecule has 1 aliphatic rings. The molecule has 7 heteroatoms. The number of amides is 1. The van der Waals surface area contributed by atoms with Crippen molar-refractivity contribution in [1.82, 2.24) is 4.90 Å². The average molecular weight is 320 g/mol. The highest BCUT2D eigenvalue weighted by Gasteiger charge is 2.27. The van der Waals surface area contributed by atoms with Gasteiger partial charge >= 0.3 is 5.97 Å². The molecule has 1 aromatic carbocycles. The molecule has 7 nitrogen and oxygen atoms in total. The molecule has 0 unspecified atom stereocenters. The van der Waals surface area contributed by atoms with Crippen LogP contribution in [0.4, 0.5) is 5.69 Å². The van der Waals surface area contributed by atoms with Gasteiger partial charge in [-0.2, -0.15) is 0 Å². The van der Waals surface area contributed by atoms with Crippen molar-refractivity contribution in [1.29, 1.82) is 0 Å². The maximum absolute atomic E-state index is 12.1. The van der Waals surface area contributed by atoms with Gasteiger partial charge in [-0.05, 0) is 39.2 Å². The molecule has 0 saturated carbocycles. The van der Waals surface area contributed by atoms with Crippen molar-refractivity contribution in [2.45, 2.75) is 39.2 Å². The Labute approximate surface area is 134 Å². The first-order chi connectivity index (χ1) is 10.9. The number of para-hydroxylation sites is 1. The fourth-order valence-corrected chi connectivity index (χ4v) is 2.82. The number of hydrogen-bond donors (Lipinski definition) is 0. The second-order valence-electron chi connectivity index (χ2n) is 5.74. The van der Waals surface area contributed by atoms with Gasteiger partial charge in [-0.25, -0.2) is 4.79 Å². The SMILES string of the molecule is Cc1cccc(C(=O)OCC(=O)N2CCCC[C@@H]2C)c1[N+](=O)[O-]. The van der Waals surface area contributed by atoms with Crippen molar-refractivity contribution in [3.63, 3.8) is 0 Å². The molecule has 23 heavy (non-hydrogen) atoms. The van der Waals surface area contributed by atoms with Crippen molar-refractivity contribution < 1.29 is 19.2 Å². The van der Waals surface area contributed by atoms with Crippen molar-refractivity contribution >= 4 is 17.6 Å². The Bertz CT molecular complexity index is 629. The number of benzene rings is 1. The van der Waals surface area contributed by atoms with Gasteiger partial charge in [0, 0.05) is 18.2 Å². The molecule has 1 aliphatic heterocycles. The van der Waals surface area contributed by atoms with Crippen molar-refractivity contribution in [2.24, 2.45) is 0 Å². The minimum atomic E-state index is -0.849. The first-order valence-corrected chi connectivity index (χ1v) is 7.62. The van der Waals surface area contributed by atoms with Gasteiger partial charge in [-0.3, -0.25) is 14.9 Å². The zero-order chi connectivity index (χ0) is 17.0. The number of esters is 1. The lowest BCUT2D eigenvalue weighted by molar-refractivity contribution is -0.385. The van der Waals surface area contributed by atoms with E-state index in [1.165, 1.54) is 6.07 Å². The molecule has 0 N–H and O–H groups in total. The van der Waals surface area contributed by atoms with Gasteiger partial charge in [0.05, 0.1) is 4.92 Å². The van der Waals surface area contributed by atoms with Crippen LogP contribution >= 0.6 is 0 Å². The van der Waals surface area contributed by atoms with Gasteiger partial charge in [-0.15, -0.1) is 0 Å². The third-order valence-corrected chi connectivity index (χ3v) is 4.09. The molecule has 0 aliphatic carbocycles. The molecule has 1 atom stereocenters. The Hall–Kier alpha value is -2.44. The normalized spacial score (nSPS) is 17.7. The average Bonchev–Trinajstić information content (AvgIpc) is 2.52. The van der Waals surface area contributed by atoms with Crippen LogP contribution in [0, 0.1) is 17.0 Å². The van der Waals surface area contributed by atoms with Gasteiger partial charge in [0.1, 0.15) is 5.56 Å². The van der Waals surface area contributed by atoms with Gasteiger partial charge in [0.2, 0.25) is 0 Å². The fourth-order valence-electron chi connectivity index (χ4n) is 2.82. The number of nitro benzene ring substituents is 1. The van der Waals surface area contributed by atoms with Crippen LogP contribution in [0.3, 0.4) is 0 Å². The lowest BCUT2D eigenvalue weighted by atomic mass is 10.0. The van der Waals surface area contributed by atoms with E-state index in [0.29, 0.717) is 12.1 Å². The van der Waals surface area contributed by atoms with E-state index < -0.39 is 17.5 Å². The lowest BCUT2D eigenvalue weighted by Gasteiger charge is -2.33. The second kappa shape index (κ2) is 7.21. The highest BCUT2D eigenvalue weighted by molar-refractivity contribution is 5.95. The van der Waals surface area contributed by atoms with Crippen LogP contribution in [0.1, 0.15) is 42.1 Å². The summed E-state index contributed by atoms with van der Waals surface area (Å²) >= 11 is 0. The van der Waals surface area contributed by atoms with Gasteiger partial charge in [-0.1, -0.05) is 12.1 Å². The first kappa shape index (κ1) is 16.9. The number of rotatable bonds is 4. The van der Waals surface area contributed by atoms with Crippen LogP contribution in [0.25, 0.3) is 0 Å². The number of nitro groups is 1. The molecule has 1 saturated heterocycles. The number of carbonyl (C=O) groups excluding carboxylic acids is 2. The molecule has 1 aromatic rings. The Kier molecular flexibility index (Phi) is 5.31. The molecule has 1 amide bonds. The van der Waals surface area contributed by atoms with E-state index in [1.807, 2.05) is 6.92 Å². The van der Waals surface area contributed by atoms with Crippen LogP contribution in [0.2, 0.25) is 0 Å². The summed E-state index contributed by atoms with van der Waals surface area (Å²) in [5.41, 5.74) is -0.0359. The van der Waals surface area contributed by atoms with E-state index in [4.69, 9.17) is 4.74 Å². The van der Waals surface area contributed by atoms with E-state index in [9.17, 15) is 19.7 Å². The zero-order valence-electron chi connectivity index (χ0n) is 13.3. The summed E-state index contributed by atoms with van der Waals surface area (Å²) < 4.78 is 5.00. The molecule has 0 bridgehead atoms. The predicted octanol–water partition coefficient (Wildman–Crippen LogP) is 2.46. The van der Waals surface area contributed by atoms with Crippen LogP contribution in [0.15, 0.2) is 18.2 Å². The zero-order valence-corrected chi connectivity index (χ0v) is 13.3. The summed E-state index contributed by atoms with van der Waals surface area (Å²) in [6.45, 7) is 3.77. The van der Waals surface area contributed by atoms with Crippen LogP contribution < -0.4 is 0 Å². The number of carbonyl (C=O) groups is 2. The topological polar surface area (TPSA) is 89.8 Å². The summed E-state index contributed by atoms with van der Waals surface area (Å²) in [6.07, 6.45) is 2.95. The van der Waals surface area contributed by atoms with Gasteiger partial charge in [0.15, 0.2) is 6.61 Å². The largest absolute Gasteiger partial charge is 0.452 e. The number of hydrogen-bond acceptors (Lipinski definition) is 5. The summed E-state index contributed by atoms with van der Waals surface area (Å²) in [5.74, 6) is -1.11. The molecule has 0 radical (unpaired) electrons. The molecular weight excluding hydrogens is 300 g/mol. The molecule has 2 rings (SSSR count). The molecule has 1 fully saturated rings. The Morgan fingerprint density at radius 3 is 2.78 bits per heavy atom. The number of aryl methyl sites for hydroxylation is 1. The first-order valence-electron chi connectivity index (χ1n) is 7.62. The third-order valence-electron chi connectivity index (χ3n) is 4.09. The smallest absolute Gasteiger partial charge is 0.345 e. The second-order valence-corrected chi connectivity index (χ2v) is 5.74. The minimum absolute atomic E-state index is 0.128. The number of likely N-dealkylation sites (tertiary alicyclic amines) is 1. The Morgan fingerprint density at radius 1 is 1.39 bits per heavy atom. The molecule has 0 aromatic heterocycles. The monoisotopic (exact) mass is 320 g/mol. The van der Waals surface area contributed by atoms with Crippen LogP contribution in [0.5, 0.6) is 0 Å². The molecular formula is C16H20N2O5. The maximum atomic E-state index is 12.1. The standard InChI is InChI=1S/C16H20N2O5/c1-11-6-5-8-13(15(11)18(21)22)16(20)23-10-14(19)17-9-4-3-7-12(17)2/h5-6,8,12H,3-4,7,9-10H2,1-2H3/t12-/m0/s1. The Morgan fingerprint density at radius 2 is 2.13 bits per heavy atom. The van der Waals surface area contributed by atoms with E-state index in [1.54, 1.807) is 24.0 Å². The molecule has 1 heterocycles. The summed E-state index contributed by atoms with van der Waals surface area (Å²) in [5, 5.41) is 11.1. The summed E-state index contributed by atoms with van der Waals surface area (Å²) in [4.78, 5) is 36.4. The van der Waals surface area contributed by atoms with Gasteiger partial charge in [0.25, 0.3) is 11.6 Å². The highest BCUT2D eigenvalue weighted by atomic mass is 16.6. The lowest BCUT2D eigenvalue weighted by Crippen LogP contribution is -2.44. The molecule has 0 spiro atoms. The van der Waals surface area contributed by atoms with Crippen molar-refractivity contribution in [3.8, 4) is 0 Å². The number of nitrogens with zero attached hydrogens (tertiary/aromatic N) is 2. The van der Waals surface area contributed by atoms with Crippen LogP contribution in [-0.4, -0.2) is 40.9 Å². The number of ether oxygens (including phenoxy) is 1. The quantitative estimate of drug-likeness (QED) is 0.483. The van der Waals surface area contributed by atoms with Crippen LogP contribution in [-0.2, 0) is 9.53 Å².